The average Bonchev–Trinajstić information content (AvgIpc) is 2.42. The van der Waals surface area contributed by atoms with E-state index in [4.69, 9.17) is 27.9 Å². The zero-order chi connectivity index (χ0) is 14.7. The fraction of sp³-hybridized carbons (Fsp3) is 0.500. The summed E-state index contributed by atoms with van der Waals surface area (Å²) in [4.78, 5) is 14.2. The first kappa shape index (κ1) is 18.4. The normalized spacial score (nSPS) is 19.6. The van der Waals surface area contributed by atoms with Crippen molar-refractivity contribution in [3.05, 3.63) is 28.2 Å². The van der Waals surface area contributed by atoms with Crippen LogP contribution >= 0.6 is 35.6 Å². The topological polar surface area (TPSA) is 41.6 Å². The van der Waals surface area contributed by atoms with Crippen molar-refractivity contribution in [2.75, 3.05) is 19.6 Å². The molecule has 0 aliphatic carbocycles. The zero-order valence-corrected chi connectivity index (χ0v) is 14.3. The summed E-state index contributed by atoms with van der Waals surface area (Å²) in [5.74, 6) is 0.535. The van der Waals surface area contributed by atoms with Crippen molar-refractivity contribution in [2.45, 2.75) is 26.0 Å². The van der Waals surface area contributed by atoms with E-state index in [2.05, 4.69) is 5.32 Å². The molecule has 7 heteroatoms. The fourth-order valence-electron chi connectivity index (χ4n) is 2.21. The number of halogens is 3. The summed E-state index contributed by atoms with van der Waals surface area (Å²) in [7, 11) is 0. The molecule has 1 aliphatic rings. The molecule has 1 aromatic carbocycles. The van der Waals surface area contributed by atoms with Crippen molar-refractivity contribution in [3.63, 3.8) is 0 Å². The lowest BCUT2D eigenvalue weighted by Gasteiger charge is -2.35. The van der Waals surface area contributed by atoms with E-state index in [1.54, 1.807) is 25.1 Å². The van der Waals surface area contributed by atoms with Crippen LogP contribution < -0.4 is 10.1 Å². The van der Waals surface area contributed by atoms with Gasteiger partial charge in [-0.05, 0) is 26.0 Å². The molecule has 118 valence electrons. The number of rotatable bonds is 3. The van der Waals surface area contributed by atoms with Gasteiger partial charge in [0.05, 0.1) is 10.0 Å². The van der Waals surface area contributed by atoms with Gasteiger partial charge in [0.15, 0.2) is 6.10 Å². The van der Waals surface area contributed by atoms with Gasteiger partial charge in [-0.3, -0.25) is 4.79 Å². The number of hydrogen-bond acceptors (Lipinski definition) is 3. The highest BCUT2D eigenvalue weighted by molar-refractivity contribution is 6.42. The third-order valence-corrected chi connectivity index (χ3v) is 4.08. The maximum Gasteiger partial charge on any atom is 0.263 e. The molecule has 1 saturated heterocycles. The largest absolute Gasteiger partial charge is 0.481 e. The predicted molar refractivity (Wildman–Crippen MR) is 87.8 cm³/mol. The Morgan fingerprint density at radius 2 is 2.14 bits per heavy atom. The molecule has 2 rings (SSSR count). The second-order valence-corrected chi connectivity index (χ2v) is 5.74. The van der Waals surface area contributed by atoms with Crippen LogP contribution in [0.15, 0.2) is 18.2 Å². The highest BCUT2D eigenvalue weighted by Crippen LogP contribution is 2.27. The molecule has 1 aliphatic heterocycles. The molecule has 21 heavy (non-hydrogen) atoms. The van der Waals surface area contributed by atoms with Gasteiger partial charge in [-0.1, -0.05) is 23.2 Å². The summed E-state index contributed by atoms with van der Waals surface area (Å²) < 4.78 is 5.66. The standard InChI is InChI=1S/C14H18Cl2N2O2.ClH/c1-9-8-17-5-6-18(9)14(19)10(2)20-11-3-4-12(15)13(16)7-11;/h3-4,7,9-10,17H,5-6,8H2,1-2H3;1H/t9-,10?;/m1./s1. The van der Waals surface area contributed by atoms with Gasteiger partial charge in [-0.15, -0.1) is 12.4 Å². The van der Waals surface area contributed by atoms with E-state index in [9.17, 15) is 4.79 Å². The molecule has 1 N–H and O–H groups in total. The van der Waals surface area contributed by atoms with Gasteiger partial charge in [0, 0.05) is 31.7 Å². The Hall–Kier alpha value is -0.680. The second-order valence-electron chi connectivity index (χ2n) is 4.92. The molecule has 1 aromatic rings. The van der Waals surface area contributed by atoms with Crippen molar-refractivity contribution in [1.29, 1.82) is 0 Å². The van der Waals surface area contributed by atoms with E-state index in [1.807, 2.05) is 11.8 Å². The summed E-state index contributed by atoms with van der Waals surface area (Å²) in [6, 6.07) is 5.16. The molecule has 0 radical (unpaired) electrons. The van der Waals surface area contributed by atoms with Crippen LogP contribution in [-0.4, -0.2) is 42.6 Å². The number of nitrogens with zero attached hydrogens (tertiary/aromatic N) is 1. The van der Waals surface area contributed by atoms with Gasteiger partial charge in [-0.2, -0.15) is 0 Å². The van der Waals surface area contributed by atoms with E-state index >= 15 is 0 Å². The Balaban J connectivity index is 0.00000220. The van der Waals surface area contributed by atoms with Crippen molar-refractivity contribution in [2.24, 2.45) is 0 Å². The maximum absolute atomic E-state index is 12.4. The van der Waals surface area contributed by atoms with Gasteiger partial charge in [-0.25, -0.2) is 0 Å². The lowest BCUT2D eigenvalue weighted by atomic mass is 10.2. The van der Waals surface area contributed by atoms with Crippen molar-refractivity contribution in [3.8, 4) is 5.75 Å². The molecule has 1 amide bonds. The quantitative estimate of drug-likeness (QED) is 0.908. The van der Waals surface area contributed by atoms with Crippen LogP contribution in [0.25, 0.3) is 0 Å². The first-order valence-corrected chi connectivity index (χ1v) is 7.37. The van der Waals surface area contributed by atoms with Crippen LogP contribution in [0.5, 0.6) is 5.75 Å². The van der Waals surface area contributed by atoms with Gasteiger partial charge < -0.3 is 15.0 Å². The number of benzene rings is 1. The molecule has 4 nitrogen and oxygen atoms in total. The van der Waals surface area contributed by atoms with Crippen LogP contribution in [-0.2, 0) is 4.79 Å². The lowest BCUT2D eigenvalue weighted by Crippen LogP contribution is -2.55. The van der Waals surface area contributed by atoms with Crippen LogP contribution in [0.2, 0.25) is 10.0 Å². The minimum absolute atomic E-state index is 0. The maximum atomic E-state index is 12.4. The fourth-order valence-corrected chi connectivity index (χ4v) is 2.49. The van der Waals surface area contributed by atoms with Gasteiger partial charge >= 0.3 is 0 Å². The molecule has 0 spiro atoms. The van der Waals surface area contributed by atoms with Gasteiger partial charge in [0.25, 0.3) is 5.91 Å². The van der Waals surface area contributed by atoms with Crippen LogP contribution in [0.4, 0.5) is 0 Å². The summed E-state index contributed by atoms with van der Waals surface area (Å²) >= 11 is 11.8. The number of piperazine rings is 1. The number of hydrogen-bond donors (Lipinski definition) is 1. The van der Waals surface area contributed by atoms with E-state index < -0.39 is 6.10 Å². The number of carbonyl (C=O) groups is 1. The zero-order valence-electron chi connectivity index (χ0n) is 11.9. The highest BCUT2D eigenvalue weighted by atomic mass is 35.5. The van der Waals surface area contributed by atoms with E-state index in [-0.39, 0.29) is 24.4 Å². The predicted octanol–water partition coefficient (Wildman–Crippen LogP) is 3.00. The molecule has 1 unspecified atom stereocenters. The lowest BCUT2D eigenvalue weighted by molar-refractivity contribution is -0.140. The molecule has 1 heterocycles. The Morgan fingerprint density at radius 3 is 2.76 bits per heavy atom. The third kappa shape index (κ3) is 4.65. The number of carbonyl (C=O) groups excluding carboxylic acids is 1. The molecule has 0 bridgehead atoms. The van der Waals surface area contributed by atoms with Gasteiger partial charge in [0.2, 0.25) is 0 Å². The SMILES string of the molecule is CC(Oc1ccc(Cl)c(Cl)c1)C(=O)N1CCNC[C@H]1C.Cl. The Bertz CT molecular complexity index is 499. The summed E-state index contributed by atoms with van der Waals surface area (Å²) in [5, 5.41) is 4.14. The molecule has 0 aromatic heterocycles. The Labute approximate surface area is 141 Å². The van der Waals surface area contributed by atoms with E-state index in [0.717, 1.165) is 13.1 Å². The van der Waals surface area contributed by atoms with E-state index in [1.165, 1.54) is 0 Å². The van der Waals surface area contributed by atoms with Crippen LogP contribution in [0, 0.1) is 0 Å². The molecular formula is C14H19Cl3N2O2. The monoisotopic (exact) mass is 352 g/mol. The Morgan fingerprint density at radius 1 is 1.43 bits per heavy atom. The van der Waals surface area contributed by atoms with E-state index in [0.29, 0.717) is 22.3 Å². The van der Waals surface area contributed by atoms with Crippen molar-refractivity contribution >= 4 is 41.5 Å². The van der Waals surface area contributed by atoms with Crippen molar-refractivity contribution < 1.29 is 9.53 Å². The third-order valence-electron chi connectivity index (χ3n) is 3.34. The molecule has 0 saturated carbocycles. The molecule has 1 fully saturated rings. The summed E-state index contributed by atoms with van der Waals surface area (Å²) in [6.07, 6.45) is -0.548. The number of ether oxygens (including phenoxy) is 1. The second kappa shape index (κ2) is 8.08. The minimum Gasteiger partial charge on any atom is -0.481 e. The van der Waals surface area contributed by atoms with Crippen LogP contribution in [0.3, 0.4) is 0 Å². The molecule has 2 atom stereocenters. The highest BCUT2D eigenvalue weighted by Gasteiger charge is 2.27. The smallest absolute Gasteiger partial charge is 0.263 e. The summed E-state index contributed by atoms with van der Waals surface area (Å²) in [6.45, 7) is 6.10. The average molecular weight is 354 g/mol. The molecular weight excluding hydrogens is 335 g/mol. The first-order chi connectivity index (χ1) is 9.49. The van der Waals surface area contributed by atoms with Gasteiger partial charge in [0.1, 0.15) is 5.75 Å². The van der Waals surface area contributed by atoms with Crippen molar-refractivity contribution in [1.82, 2.24) is 10.2 Å². The minimum atomic E-state index is -0.548. The Kier molecular flexibility index (Phi) is 7.07. The van der Waals surface area contributed by atoms with Crippen LogP contribution in [0.1, 0.15) is 13.8 Å². The number of amides is 1. The number of nitrogens with one attached hydrogen (secondary N) is 1. The first-order valence-electron chi connectivity index (χ1n) is 6.62. The summed E-state index contributed by atoms with van der Waals surface area (Å²) in [5.41, 5.74) is 0.